The van der Waals surface area contributed by atoms with E-state index in [0.717, 1.165) is 18.4 Å². The summed E-state index contributed by atoms with van der Waals surface area (Å²) in [5.41, 5.74) is 4.71. The van der Waals surface area contributed by atoms with E-state index in [-0.39, 0.29) is 12.7 Å². The van der Waals surface area contributed by atoms with Crippen LogP contribution in [-0.2, 0) is 6.42 Å². The summed E-state index contributed by atoms with van der Waals surface area (Å²) in [6.07, 6.45) is 6.95. The maximum Gasteiger partial charge on any atom is 0.258 e. The molecule has 1 N–H and O–H groups in total. The van der Waals surface area contributed by atoms with E-state index in [2.05, 4.69) is 34.3 Å². The van der Waals surface area contributed by atoms with E-state index < -0.39 is 0 Å². The highest BCUT2D eigenvalue weighted by molar-refractivity contribution is 5.67. The molecule has 1 heterocycles. The number of nitrogens with zero attached hydrogens (tertiary/aromatic N) is 4. The molecule has 0 bridgehead atoms. The molecule has 7 nitrogen and oxygen atoms in total. The Labute approximate surface area is 206 Å². The maximum absolute atomic E-state index is 9.74. The minimum Gasteiger partial charge on any atom is -0.490 e. The summed E-state index contributed by atoms with van der Waals surface area (Å²) in [6.45, 7) is 4.75. The summed E-state index contributed by atoms with van der Waals surface area (Å²) >= 11 is 0. The van der Waals surface area contributed by atoms with Crippen molar-refractivity contribution in [1.29, 1.82) is 5.26 Å². The molecule has 0 unspecified atom stereocenters. The van der Waals surface area contributed by atoms with Crippen LogP contribution in [-0.4, -0.2) is 45.4 Å². The molecule has 2 aromatic carbocycles. The second kappa shape index (κ2) is 10.2. The van der Waals surface area contributed by atoms with Crippen LogP contribution in [0.3, 0.4) is 0 Å². The van der Waals surface area contributed by atoms with Crippen LogP contribution < -0.4 is 4.74 Å². The van der Waals surface area contributed by atoms with Gasteiger partial charge in [0.1, 0.15) is 11.8 Å². The second-order valence-electron chi connectivity index (χ2n) is 9.74. The molecule has 35 heavy (non-hydrogen) atoms. The lowest BCUT2D eigenvalue weighted by Crippen LogP contribution is -2.38. The molecular weight excluding hydrogens is 440 g/mol. The topological polar surface area (TPSA) is 95.4 Å². The number of nitriles is 1. The predicted molar refractivity (Wildman–Crippen MR) is 133 cm³/mol. The molecule has 2 aliphatic carbocycles. The molecule has 0 aliphatic heterocycles. The van der Waals surface area contributed by atoms with Crippen molar-refractivity contribution in [2.45, 2.75) is 70.6 Å². The first-order chi connectivity index (χ1) is 17.1. The van der Waals surface area contributed by atoms with Crippen LogP contribution >= 0.6 is 0 Å². The molecule has 7 heteroatoms. The Morgan fingerprint density at radius 3 is 2.77 bits per heavy atom. The molecule has 182 valence electrons. The zero-order valence-electron chi connectivity index (χ0n) is 20.4. The van der Waals surface area contributed by atoms with Gasteiger partial charge < -0.3 is 14.4 Å². The van der Waals surface area contributed by atoms with Crippen molar-refractivity contribution in [2.75, 3.05) is 13.2 Å². The van der Waals surface area contributed by atoms with E-state index in [1.54, 1.807) is 12.1 Å². The first-order valence-electron chi connectivity index (χ1n) is 12.6. The standard InChI is InChI=1S/C28H32N4O3/c1-18(2)34-26-13-10-19(16-20(26)17-29)28-30-27(31-35-28)24-9-5-8-23-22(24)11-12-25(23)32(14-15-33)21-6-3-4-7-21/h5,8-10,13,16,18,21,25,33H,3-4,6-7,11-12,14-15H2,1-2H3/t25-/m0/s1. The van der Waals surface area contributed by atoms with Crippen molar-refractivity contribution in [2.24, 2.45) is 0 Å². The summed E-state index contributed by atoms with van der Waals surface area (Å²) < 4.78 is 11.4. The summed E-state index contributed by atoms with van der Waals surface area (Å²) in [7, 11) is 0. The molecule has 1 atom stereocenters. The Morgan fingerprint density at radius 1 is 1.20 bits per heavy atom. The first-order valence-corrected chi connectivity index (χ1v) is 12.6. The highest BCUT2D eigenvalue weighted by Crippen LogP contribution is 2.43. The molecule has 0 saturated heterocycles. The highest BCUT2D eigenvalue weighted by Gasteiger charge is 2.34. The van der Waals surface area contributed by atoms with Gasteiger partial charge in [0, 0.05) is 29.8 Å². The summed E-state index contributed by atoms with van der Waals surface area (Å²) in [5.74, 6) is 1.49. The smallest absolute Gasteiger partial charge is 0.258 e. The van der Waals surface area contributed by atoms with Crippen LogP contribution in [0.25, 0.3) is 22.8 Å². The summed E-state index contributed by atoms with van der Waals surface area (Å²) in [5, 5.41) is 23.6. The quantitative estimate of drug-likeness (QED) is 0.476. The lowest BCUT2D eigenvalue weighted by atomic mass is 10.00. The Balaban J connectivity index is 1.44. The molecule has 1 fully saturated rings. The average Bonchev–Trinajstić information content (AvgIpc) is 3.63. The minimum atomic E-state index is -0.0195. The van der Waals surface area contributed by atoms with Gasteiger partial charge in [0.25, 0.3) is 5.89 Å². The minimum absolute atomic E-state index is 0.0195. The number of fused-ring (bicyclic) bond motifs is 1. The number of hydrogen-bond acceptors (Lipinski definition) is 7. The Hall–Kier alpha value is -3.21. The third kappa shape index (κ3) is 4.69. The Bertz CT molecular complexity index is 1220. The van der Waals surface area contributed by atoms with Gasteiger partial charge in [0.15, 0.2) is 0 Å². The highest BCUT2D eigenvalue weighted by atomic mass is 16.5. The Morgan fingerprint density at radius 2 is 2.03 bits per heavy atom. The summed E-state index contributed by atoms with van der Waals surface area (Å²) in [4.78, 5) is 7.22. The van der Waals surface area contributed by atoms with Crippen LogP contribution in [0.5, 0.6) is 5.75 Å². The first kappa shape index (κ1) is 23.5. The van der Waals surface area contributed by atoms with Gasteiger partial charge >= 0.3 is 0 Å². The van der Waals surface area contributed by atoms with E-state index in [4.69, 9.17) is 14.2 Å². The monoisotopic (exact) mass is 472 g/mol. The fourth-order valence-electron chi connectivity index (χ4n) is 5.69. The van der Waals surface area contributed by atoms with Crippen LogP contribution in [0, 0.1) is 11.3 Å². The van der Waals surface area contributed by atoms with Crippen molar-refractivity contribution < 1.29 is 14.4 Å². The van der Waals surface area contributed by atoms with Gasteiger partial charge in [-0.1, -0.05) is 36.2 Å². The van der Waals surface area contributed by atoms with Crippen LogP contribution in [0.1, 0.15) is 68.7 Å². The van der Waals surface area contributed by atoms with Gasteiger partial charge in [-0.3, -0.25) is 4.90 Å². The normalized spacial score (nSPS) is 17.8. The number of aliphatic hydroxyl groups is 1. The number of aliphatic hydroxyl groups excluding tert-OH is 1. The van der Waals surface area contributed by atoms with Gasteiger partial charge in [-0.25, -0.2) is 0 Å². The van der Waals surface area contributed by atoms with Crippen molar-refractivity contribution in [3.8, 4) is 34.7 Å². The van der Waals surface area contributed by atoms with Crippen LogP contribution in [0.15, 0.2) is 40.9 Å². The molecule has 0 amide bonds. The molecule has 3 aromatic rings. The zero-order valence-corrected chi connectivity index (χ0v) is 20.4. The van der Waals surface area contributed by atoms with E-state index in [9.17, 15) is 10.4 Å². The fourth-order valence-corrected chi connectivity index (χ4v) is 5.69. The van der Waals surface area contributed by atoms with E-state index >= 15 is 0 Å². The van der Waals surface area contributed by atoms with Gasteiger partial charge in [-0.2, -0.15) is 10.2 Å². The molecule has 1 saturated carbocycles. The molecular formula is C28H32N4O3. The van der Waals surface area contributed by atoms with Gasteiger partial charge in [-0.05, 0) is 68.9 Å². The lowest BCUT2D eigenvalue weighted by Gasteiger charge is -2.34. The summed E-state index contributed by atoms with van der Waals surface area (Å²) in [6, 6.07) is 14.8. The SMILES string of the molecule is CC(C)Oc1ccc(-c2nc(-c3cccc4c3CC[C@@H]4N(CCO)C3CCCC3)no2)cc1C#N. The number of hydrogen-bond donors (Lipinski definition) is 1. The van der Waals surface area contributed by atoms with E-state index in [1.807, 2.05) is 19.9 Å². The number of rotatable bonds is 8. The van der Waals surface area contributed by atoms with Crippen LogP contribution in [0.2, 0.25) is 0 Å². The fraction of sp³-hybridized carbons (Fsp3) is 0.464. The van der Waals surface area contributed by atoms with Gasteiger partial charge in [0.05, 0.1) is 18.3 Å². The third-order valence-electron chi connectivity index (χ3n) is 7.17. The molecule has 1 aromatic heterocycles. The second-order valence-corrected chi connectivity index (χ2v) is 9.74. The van der Waals surface area contributed by atoms with E-state index in [0.29, 0.717) is 47.2 Å². The molecule has 5 rings (SSSR count). The van der Waals surface area contributed by atoms with Crippen molar-refractivity contribution in [3.63, 3.8) is 0 Å². The maximum atomic E-state index is 9.74. The van der Waals surface area contributed by atoms with Crippen molar-refractivity contribution in [3.05, 3.63) is 53.1 Å². The number of benzene rings is 2. The third-order valence-corrected chi connectivity index (χ3v) is 7.17. The van der Waals surface area contributed by atoms with Crippen LogP contribution in [0.4, 0.5) is 0 Å². The predicted octanol–water partition coefficient (Wildman–Crippen LogP) is 5.29. The molecule has 0 spiro atoms. The van der Waals surface area contributed by atoms with Crippen molar-refractivity contribution >= 4 is 0 Å². The van der Waals surface area contributed by atoms with Gasteiger partial charge in [-0.15, -0.1) is 0 Å². The molecule has 0 radical (unpaired) electrons. The average molecular weight is 473 g/mol. The largest absolute Gasteiger partial charge is 0.490 e. The molecule has 2 aliphatic rings. The number of ether oxygens (including phenoxy) is 1. The number of aromatic nitrogens is 2. The lowest BCUT2D eigenvalue weighted by molar-refractivity contribution is 0.104. The van der Waals surface area contributed by atoms with Crippen molar-refractivity contribution in [1.82, 2.24) is 15.0 Å². The van der Waals surface area contributed by atoms with Gasteiger partial charge in [0.2, 0.25) is 5.82 Å². The Kier molecular flexibility index (Phi) is 6.85. The van der Waals surface area contributed by atoms with E-state index in [1.165, 1.54) is 36.8 Å². The zero-order chi connectivity index (χ0) is 24.4.